The number of carbonyl (C=O) groups is 1. The minimum absolute atomic E-state index is 0.273. The summed E-state index contributed by atoms with van der Waals surface area (Å²) >= 11 is 0. The first-order valence-corrected chi connectivity index (χ1v) is 10.6. The number of nitrogens with one attached hydrogen (secondary N) is 1. The average molecular weight is 449 g/mol. The van der Waals surface area contributed by atoms with Gasteiger partial charge in [-0.3, -0.25) is 4.79 Å². The van der Waals surface area contributed by atoms with Gasteiger partial charge in [0, 0.05) is 50.9 Å². The van der Waals surface area contributed by atoms with Crippen LogP contribution in [-0.2, 0) is 9.53 Å². The van der Waals surface area contributed by atoms with Crippen molar-refractivity contribution in [1.29, 1.82) is 0 Å². The number of likely N-dealkylation sites (tertiary alicyclic amines) is 1. The van der Waals surface area contributed by atoms with Crippen molar-refractivity contribution >= 4 is 17.9 Å². The van der Waals surface area contributed by atoms with E-state index >= 15 is 0 Å². The molecule has 1 atom stereocenters. The van der Waals surface area contributed by atoms with Crippen LogP contribution in [0.3, 0.4) is 0 Å². The molecule has 3 heterocycles. The number of carbonyl (C=O) groups excluding carboxylic acids is 1. The summed E-state index contributed by atoms with van der Waals surface area (Å²) in [6.45, 7) is 1.61. The molecule has 0 aliphatic carbocycles. The highest BCUT2D eigenvalue weighted by molar-refractivity contribution is 5.65. The van der Waals surface area contributed by atoms with Gasteiger partial charge in [-0.1, -0.05) is 30.3 Å². The Labute approximate surface area is 191 Å². The molecule has 1 amide bonds. The zero-order chi connectivity index (χ0) is 23.2. The first-order valence-electron chi connectivity index (χ1n) is 10.6. The fourth-order valence-electron chi connectivity index (χ4n) is 3.57. The number of hydrogen-bond donors (Lipinski definition) is 1. The quantitative estimate of drug-likeness (QED) is 0.471. The average Bonchev–Trinajstić information content (AvgIpc) is 3.51. The Hall–Kier alpha value is -3.85. The van der Waals surface area contributed by atoms with E-state index in [-0.39, 0.29) is 11.9 Å². The summed E-state index contributed by atoms with van der Waals surface area (Å²) in [5.74, 6) is 0.370. The lowest BCUT2D eigenvalue weighted by Crippen LogP contribution is -2.20. The van der Waals surface area contributed by atoms with Gasteiger partial charge < -0.3 is 15.0 Å². The summed E-state index contributed by atoms with van der Waals surface area (Å²) in [7, 11) is 3.46. The van der Waals surface area contributed by atoms with E-state index < -0.39 is 0 Å². The molecular weight excluding hydrogens is 423 g/mol. The second kappa shape index (κ2) is 10.2. The number of anilines is 1. The molecule has 4 aromatic rings. The molecule has 1 unspecified atom stereocenters. The molecule has 1 aliphatic rings. The summed E-state index contributed by atoms with van der Waals surface area (Å²) in [5.41, 5.74) is 3.09. The Morgan fingerprint density at radius 2 is 2.00 bits per heavy atom. The van der Waals surface area contributed by atoms with Crippen LogP contribution in [-0.4, -0.2) is 64.2 Å². The van der Waals surface area contributed by atoms with Gasteiger partial charge in [0.05, 0.1) is 11.7 Å². The Kier molecular flexibility index (Phi) is 6.89. The highest BCUT2D eigenvalue weighted by Gasteiger charge is 2.19. The molecule has 2 aromatic carbocycles. The number of halogens is 1. The number of amides is 1. The fourth-order valence-corrected chi connectivity index (χ4v) is 3.57. The summed E-state index contributed by atoms with van der Waals surface area (Å²) in [6.07, 6.45) is 5.71. The summed E-state index contributed by atoms with van der Waals surface area (Å²) in [5, 5.41) is 7.36. The van der Waals surface area contributed by atoms with E-state index in [2.05, 4.69) is 20.4 Å². The van der Waals surface area contributed by atoms with Gasteiger partial charge in [0.1, 0.15) is 5.82 Å². The second-order valence-corrected chi connectivity index (χ2v) is 7.58. The zero-order valence-corrected chi connectivity index (χ0v) is 18.5. The second-order valence-electron chi connectivity index (χ2n) is 7.58. The molecule has 2 aromatic heterocycles. The minimum atomic E-state index is -0.367. The van der Waals surface area contributed by atoms with Gasteiger partial charge in [-0.25, -0.2) is 13.9 Å². The van der Waals surface area contributed by atoms with Crippen molar-refractivity contribution in [3.05, 3.63) is 66.7 Å². The largest absolute Gasteiger partial charge is 0.388 e. The van der Waals surface area contributed by atoms with Crippen molar-refractivity contribution in [1.82, 2.24) is 24.5 Å². The Morgan fingerprint density at radius 3 is 2.67 bits per heavy atom. The van der Waals surface area contributed by atoms with Gasteiger partial charge in [0.2, 0.25) is 6.41 Å². The van der Waals surface area contributed by atoms with Crippen molar-refractivity contribution in [2.75, 3.05) is 32.6 Å². The highest BCUT2D eigenvalue weighted by Crippen LogP contribution is 2.24. The predicted molar refractivity (Wildman–Crippen MR) is 124 cm³/mol. The Morgan fingerprint density at radius 1 is 1.18 bits per heavy atom. The SMILES string of the molecule is CNc1ccc(F)c(-c2nc3ncc(-c4ccccc4)cn3n2)c1.COC1CCN(C=O)C1. The maximum atomic E-state index is 14.1. The van der Waals surface area contributed by atoms with Crippen molar-refractivity contribution < 1.29 is 13.9 Å². The van der Waals surface area contributed by atoms with Crippen LogP contribution in [0.5, 0.6) is 0 Å². The molecule has 9 heteroatoms. The van der Waals surface area contributed by atoms with Crippen LogP contribution < -0.4 is 5.32 Å². The number of methoxy groups -OCH3 is 1. The molecule has 1 aliphatic heterocycles. The van der Waals surface area contributed by atoms with E-state index in [1.807, 2.05) is 36.5 Å². The number of ether oxygens (including phenoxy) is 1. The summed E-state index contributed by atoms with van der Waals surface area (Å²) in [4.78, 5) is 20.5. The first kappa shape index (κ1) is 22.3. The number of benzene rings is 2. The molecule has 0 bridgehead atoms. The van der Waals surface area contributed by atoms with E-state index in [1.165, 1.54) is 6.07 Å². The standard InChI is InChI=1S/C18H14FN5.C6H11NO2/c1-20-14-7-8-16(19)15(9-14)17-22-18-21-10-13(11-24(18)23-17)12-5-3-2-4-6-12;1-9-6-2-3-7(4-6)5-8/h2-11,20H,1H3;5-6H,2-4H2,1H3. The van der Waals surface area contributed by atoms with Gasteiger partial charge in [0.25, 0.3) is 5.78 Å². The molecule has 1 N–H and O–H groups in total. The van der Waals surface area contributed by atoms with Crippen LogP contribution in [0.25, 0.3) is 28.3 Å². The van der Waals surface area contributed by atoms with Crippen molar-refractivity contribution in [3.63, 3.8) is 0 Å². The van der Waals surface area contributed by atoms with Crippen molar-refractivity contribution in [3.8, 4) is 22.5 Å². The molecule has 1 saturated heterocycles. The highest BCUT2D eigenvalue weighted by atomic mass is 19.1. The van der Waals surface area contributed by atoms with Crippen LogP contribution in [0.2, 0.25) is 0 Å². The fraction of sp³-hybridized carbons (Fsp3) is 0.250. The molecule has 0 radical (unpaired) electrons. The van der Waals surface area contributed by atoms with Gasteiger partial charge in [-0.05, 0) is 30.2 Å². The van der Waals surface area contributed by atoms with Crippen LogP contribution in [0.1, 0.15) is 6.42 Å². The smallest absolute Gasteiger partial charge is 0.252 e. The molecule has 0 spiro atoms. The van der Waals surface area contributed by atoms with Crippen LogP contribution in [0.15, 0.2) is 60.9 Å². The third kappa shape index (κ3) is 5.15. The third-order valence-corrected chi connectivity index (χ3v) is 5.46. The number of nitrogens with zero attached hydrogens (tertiary/aromatic N) is 5. The maximum absolute atomic E-state index is 14.1. The van der Waals surface area contributed by atoms with Gasteiger partial charge in [-0.2, -0.15) is 4.98 Å². The predicted octanol–water partition coefficient (Wildman–Crippen LogP) is 3.50. The lowest BCUT2D eigenvalue weighted by molar-refractivity contribution is -0.117. The summed E-state index contributed by atoms with van der Waals surface area (Å²) in [6, 6.07) is 14.6. The first-order chi connectivity index (χ1) is 16.1. The Bertz CT molecular complexity index is 1230. The van der Waals surface area contributed by atoms with Gasteiger partial charge >= 0.3 is 0 Å². The van der Waals surface area contributed by atoms with Gasteiger partial charge in [0.15, 0.2) is 5.82 Å². The van der Waals surface area contributed by atoms with E-state index in [1.54, 1.807) is 41.9 Å². The molecule has 33 heavy (non-hydrogen) atoms. The minimum Gasteiger partial charge on any atom is -0.388 e. The monoisotopic (exact) mass is 448 g/mol. The molecule has 0 saturated carbocycles. The molecule has 170 valence electrons. The van der Waals surface area contributed by atoms with Crippen LogP contribution >= 0.6 is 0 Å². The van der Waals surface area contributed by atoms with E-state index in [0.717, 1.165) is 42.7 Å². The molecule has 8 nitrogen and oxygen atoms in total. The van der Waals surface area contributed by atoms with Crippen LogP contribution in [0, 0.1) is 5.82 Å². The number of rotatable bonds is 5. The zero-order valence-electron chi connectivity index (χ0n) is 18.5. The lowest BCUT2D eigenvalue weighted by atomic mass is 10.1. The third-order valence-electron chi connectivity index (χ3n) is 5.46. The Balaban J connectivity index is 0.000000243. The maximum Gasteiger partial charge on any atom is 0.252 e. The number of fused-ring (bicyclic) bond motifs is 1. The normalized spacial score (nSPS) is 15.2. The van der Waals surface area contributed by atoms with Crippen molar-refractivity contribution in [2.24, 2.45) is 0 Å². The summed E-state index contributed by atoms with van der Waals surface area (Å²) < 4.78 is 20.7. The molecule has 5 rings (SSSR count). The van der Waals surface area contributed by atoms with Crippen LogP contribution in [0.4, 0.5) is 10.1 Å². The molecule has 1 fully saturated rings. The number of hydrogen-bond acceptors (Lipinski definition) is 6. The van der Waals surface area contributed by atoms with E-state index in [0.29, 0.717) is 17.2 Å². The topological polar surface area (TPSA) is 84.7 Å². The van der Waals surface area contributed by atoms with Crippen molar-refractivity contribution in [2.45, 2.75) is 12.5 Å². The number of aromatic nitrogens is 4. The van der Waals surface area contributed by atoms with E-state index in [4.69, 9.17) is 4.74 Å². The van der Waals surface area contributed by atoms with Gasteiger partial charge in [-0.15, -0.1) is 5.10 Å². The van der Waals surface area contributed by atoms with E-state index in [9.17, 15) is 9.18 Å². The molecular formula is C24H25FN6O2. The lowest BCUT2D eigenvalue weighted by Gasteiger charge is -2.07.